The lowest BCUT2D eigenvalue weighted by atomic mass is 9.99. The van der Waals surface area contributed by atoms with Gasteiger partial charge in [-0.1, -0.05) is 56.3 Å². The van der Waals surface area contributed by atoms with Crippen LogP contribution in [-0.4, -0.2) is 123 Å². The number of hydrogen-bond acceptors (Lipinski definition) is 11. The van der Waals surface area contributed by atoms with Crippen molar-refractivity contribution in [2.24, 2.45) is 11.7 Å². The maximum atomic E-state index is 14.8. The minimum Gasteiger partial charge on any atom is -0.497 e. The molecular formula is C54H71N9O11S. The molecule has 0 saturated heterocycles. The van der Waals surface area contributed by atoms with Crippen molar-refractivity contribution in [2.75, 3.05) is 19.1 Å². The molecule has 1 aliphatic rings. The molecule has 4 aromatic rings. The smallest absolute Gasteiger partial charge is 0.303 e. The summed E-state index contributed by atoms with van der Waals surface area (Å²) in [6.45, 7) is 9.76. The van der Waals surface area contributed by atoms with Crippen molar-refractivity contribution in [1.82, 2.24) is 41.8 Å². The Kier molecular flexibility index (Phi) is 20.4. The first-order chi connectivity index (χ1) is 35.4. The summed E-state index contributed by atoms with van der Waals surface area (Å²) in [5.41, 5.74) is 6.21. The second-order valence-corrected chi connectivity index (χ2v) is 21.0. The van der Waals surface area contributed by atoms with Gasteiger partial charge in [0.25, 0.3) is 0 Å². The highest BCUT2D eigenvalue weighted by Gasteiger charge is 2.52. The monoisotopic (exact) mass is 1050 g/mol. The zero-order valence-corrected chi connectivity index (χ0v) is 44.6. The number of aryl methyl sites for hydroxylation is 1. The van der Waals surface area contributed by atoms with E-state index in [1.54, 1.807) is 31.4 Å². The molecule has 1 heterocycles. The predicted octanol–water partition coefficient (Wildman–Crippen LogP) is 2.87. The minimum atomic E-state index is -1.75. The average molecular weight is 1050 g/mol. The molecule has 5 atom stereocenters. The number of nitrogens with zero attached hydrogens (tertiary/aromatic N) is 1. The van der Waals surface area contributed by atoms with E-state index < -0.39 is 107 Å². The Morgan fingerprint density at radius 1 is 0.773 bits per heavy atom. The Morgan fingerprint density at radius 2 is 1.40 bits per heavy atom. The zero-order chi connectivity index (χ0) is 55.2. The van der Waals surface area contributed by atoms with Crippen molar-refractivity contribution in [2.45, 2.75) is 134 Å². The topological polar surface area (TPSA) is 298 Å². The van der Waals surface area contributed by atoms with E-state index in [1.807, 2.05) is 86.3 Å². The molecule has 8 amide bonds. The number of aromatic nitrogens is 1. The maximum Gasteiger partial charge on any atom is 0.303 e. The minimum absolute atomic E-state index is 0.00302. The van der Waals surface area contributed by atoms with Gasteiger partial charge in [0.15, 0.2) is 0 Å². The van der Waals surface area contributed by atoms with Gasteiger partial charge >= 0.3 is 5.97 Å². The third-order valence-corrected chi connectivity index (χ3v) is 13.5. The van der Waals surface area contributed by atoms with Crippen molar-refractivity contribution < 1.29 is 53.0 Å². The summed E-state index contributed by atoms with van der Waals surface area (Å²) in [7, 11) is 1.56. The normalized spacial score (nSPS) is 14.7. The first-order valence-electron chi connectivity index (χ1n) is 24.9. The molecule has 20 nitrogen and oxygen atoms in total. The number of carbonyl (C=O) groups is 9. The van der Waals surface area contributed by atoms with Gasteiger partial charge in [-0.3, -0.25) is 43.2 Å². The number of carbonyl (C=O) groups excluding carboxylic acids is 8. The van der Waals surface area contributed by atoms with Gasteiger partial charge in [-0.2, -0.15) is 11.8 Å². The number of rotatable bonds is 28. The van der Waals surface area contributed by atoms with Crippen LogP contribution in [0.4, 0.5) is 0 Å². The summed E-state index contributed by atoms with van der Waals surface area (Å²) in [6, 6.07) is 15.9. The van der Waals surface area contributed by atoms with E-state index in [0.717, 1.165) is 27.7 Å². The lowest BCUT2D eigenvalue weighted by Gasteiger charge is -2.31. The molecule has 404 valence electrons. The summed E-state index contributed by atoms with van der Waals surface area (Å²) in [5.74, 6) is -5.98. The van der Waals surface area contributed by atoms with Gasteiger partial charge in [0.1, 0.15) is 47.0 Å². The zero-order valence-electron chi connectivity index (χ0n) is 43.8. The van der Waals surface area contributed by atoms with Crippen LogP contribution in [0.15, 0.2) is 79.0 Å². The van der Waals surface area contributed by atoms with E-state index in [9.17, 15) is 48.3 Å². The number of nitrogens with two attached hydrogens (primary N) is 1. The lowest BCUT2D eigenvalue weighted by Crippen LogP contribution is -2.63. The summed E-state index contributed by atoms with van der Waals surface area (Å²) in [5, 5.41) is 29.4. The molecule has 1 aromatic heterocycles. The highest BCUT2D eigenvalue weighted by atomic mass is 32.2. The second-order valence-electron chi connectivity index (χ2n) is 20.0. The second kappa shape index (κ2) is 26.2. The van der Waals surface area contributed by atoms with Crippen LogP contribution in [0.25, 0.3) is 16.6 Å². The van der Waals surface area contributed by atoms with Crippen molar-refractivity contribution in [3.8, 4) is 11.4 Å². The average Bonchev–Trinajstić information content (AvgIpc) is 4.06. The summed E-state index contributed by atoms with van der Waals surface area (Å²) in [6.07, 6.45) is 3.44. The van der Waals surface area contributed by atoms with Crippen molar-refractivity contribution in [3.63, 3.8) is 0 Å². The number of carboxylic acids is 1. The van der Waals surface area contributed by atoms with Crippen LogP contribution in [0.2, 0.25) is 0 Å². The molecule has 21 heteroatoms. The van der Waals surface area contributed by atoms with Crippen LogP contribution in [0.1, 0.15) is 89.8 Å². The van der Waals surface area contributed by atoms with E-state index >= 15 is 0 Å². The number of ether oxygens (including phenoxy) is 1. The largest absolute Gasteiger partial charge is 0.497 e. The SMILES string of the molecule is COc1ccc(-n2cc(C[C@H](NC(=O)C(C)(C)NC(=O)[C@H](CCSC)NC(=O)[C@H](Cc3ccccc3)NC(C)=O)C(=O)N[C@@H](CCC(=O)O)C(=O)NC3(C(=O)N[C@@H](CC(C)C)C(N)=O)CC3)c3ccc(C)cc32)cc1. The van der Waals surface area contributed by atoms with Crippen molar-refractivity contribution in [3.05, 3.63) is 95.7 Å². The fraction of sp³-hybridized carbons (Fsp3) is 0.463. The third kappa shape index (κ3) is 16.5. The molecule has 0 bridgehead atoms. The highest BCUT2D eigenvalue weighted by molar-refractivity contribution is 7.98. The molecule has 0 unspecified atom stereocenters. The van der Waals surface area contributed by atoms with Gasteiger partial charge in [-0.25, -0.2) is 0 Å². The van der Waals surface area contributed by atoms with Crippen LogP contribution in [-0.2, 0) is 56.0 Å². The maximum absolute atomic E-state index is 14.8. The Hall–Kier alpha value is -7.42. The number of methoxy groups -OCH3 is 1. The van der Waals surface area contributed by atoms with Crippen LogP contribution < -0.4 is 47.7 Å². The number of amides is 8. The molecule has 0 radical (unpaired) electrons. The standard InChI is InChI=1S/C54H71N9O11S/c1-31(2)26-41(46(55)67)59-52(73)54(23-24-54)62-50(71)39(20-21-45(65)66)57-48(69)43(29-35-30-63(36-15-17-37(74-7)18-16-36)44-27-32(3)14-19-38(35)44)60-51(72)53(5,6)61-49(70)40(22-25-75-8)58-47(68)42(56-33(4)64)28-34-12-10-9-11-13-34/h9-19,27,30-31,39-43H,20-26,28-29H2,1-8H3,(H2,55,67)(H,56,64)(H,57,69)(H,58,68)(H,59,73)(H,60,72)(H,61,70)(H,62,71)(H,65,66)/t39-,40-,41-,42-,43-/m0/s1. The van der Waals surface area contributed by atoms with Crippen molar-refractivity contribution in [1.29, 1.82) is 0 Å². The van der Waals surface area contributed by atoms with Crippen LogP contribution in [0.3, 0.4) is 0 Å². The Morgan fingerprint density at radius 3 is 1.96 bits per heavy atom. The fourth-order valence-corrected chi connectivity index (χ4v) is 8.98. The van der Waals surface area contributed by atoms with Gasteiger partial charge in [0.05, 0.1) is 12.6 Å². The number of aliphatic carboxylic acids is 1. The van der Waals surface area contributed by atoms with Crippen LogP contribution in [0.5, 0.6) is 5.75 Å². The van der Waals surface area contributed by atoms with E-state index in [1.165, 1.54) is 32.5 Å². The van der Waals surface area contributed by atoms with E-state index in [2.05, 4.69) is 37.2 Å². The fourth-order valence-electron chi connectivity index (χ4n) is 8.51. The number of carboxylic acid groups (broad SMARTS) is 1. The molecule has 0 aliphatic heterocycles. The van der Waals surface area contributed by atoms with Crippen LogP contribution >= 0.6 is 11.8 Å². The van der Waals surface area contributed by atoms with Gasteiger partial charge < -0.3 is 57.4 Å². The first-order valence-corrected chi connectivity index (χ1v) is 26.3. The number of hydrogen-bond donors (Lipinski definition) is 9. The Balaban J connectivity index is 1.46. The highest BCUT2D eigenvalue weighted by Crippen LogP contribution is 2.36. The molecule has 0 spiro atoms. The molecule has 1 saturated carbocycles. The molecule has 5 rings (SSSR count). The predicted molar refractivity (Wildman–Crippen MR) is 285 cm³/mol. The van der Waals surface area contributed by atoms with Gasteiger partial charge in [0, 0.05) is 43.5 Å². The number of primary amides is 1. The first kappa shape index (κ1) is 58.5. The molecule has 10 N–H and O–H groups in total. The Labute approximate surface area is 441 Å². The molecule has 1 fully saturated rings. The number of thioether (sulfide) groups is 1. The van der Waals surface area contributed by atoms with Gasteiger partial charge in [-0.15, -0.1) is 0 Å². The van der Waals surface area contributed by atoms with Crippen molar-refractivity contribution >= 4 is 75.9 Å². The van der Waals surface area contributed by atoms with Gasteiger partial charge in [0.2, 0.25) is 47.3 Å². The molecule has 3 aromatic carbocycles. The molecule has 75 heavy (non-hydrogen) atoms. The Bertz CT molecular complexity index is 2720. The molecule has 1 aliphatic carbocycles. The number of benzene rings is 3. The van der Waals surface area contributed by atoms with Gasteiger partial charge in [-0.05, 0) is 118 Å². The van der Waals surface area contributed by atoms with E-state index in [-0.39, 0.29) is 44.4 Å². The number of nitrogens with one attached hydrogen (secondary N) is 7. The quantitative estimate of drug-likeness (QED) is 0.0397. The van der Waals surface area contributed by atoms with E-state index in [0.29, 0.717) is 17.1 Å². The summed E-state index contributed by atoms with van der Waals surface area (Å²) >= 11 is 1.43. The molecular weight excluding hydrogens is 983 g/mol. The summed E-state index contributed by atoms with van der Waals surface area (Å²) in [4.78, 5) is 122. The third-order valence-electron chi connectivity index (χ3n) is 12.8. The van der Waals surface area contributed by atoms with Crippen LogP contribution in [0, 0.1) is 12.8 Å². The number of fused-ring (bicyclic) bond motifs is 1. The summed E-state index contributed by atoms with van der Waals surface area (Å²) < 4.78 is 7.30. The lowest BCUT2D eigenvalue weighted by molar-refractivity contribution is -0.139. The van der Waals surface area contributed by atoms with E-state index in [4.69, 9.17) is 10.5 Å².